The Hall–Kier alpha value is 0.120. The molecule has 0 aliphatic rings. The van der Waals surface area contributed by atoms with Crippen molar-refractivity contribution in [2.24, 2.45) is 0 Å². The number of nitrogens with zero attached hydrogens (tertiary/aromatic N) is 1. The predicted octanol–water partition coefficient (Wildman–Crippen LogP) is -0.309. The minimum Gasteiger partial charge on any atom is -0.748 e. The second kappa shape index (κ2) is 14.7. The van der Waals surface area contributed by atoms with Gasteiger partial charge in [-0.15, -0.1) is 0 Å². The fraction of sp³-hybridized carbons (Fsp3) is 0.800. The molecule has 0 spiro atoms. The van der Waals surface area contributed by atoms with Gasteiger partial charge < -0.3 is 9.45 Å². The number of likely N-dealkylation sites (N-methyl/N-ethyl adjacent to an activating group) is 1. The van der Waals surface area contributed by atoms with Crippen molar-refractivity contribution >= 4 is 16.0 Å². The Morgan fingerprint density at radius 2 is 1.73 bits per heavy atom. The zero-order valence-corrected chi connectivity index (χ0v) is 17.0. The van der Waals surface area contributed by atoms with E-state index in [1.54, 1.807) is 18.0 Å². The Balaban J connectivity index is 0. The second-order valence-corrected chi connectivity index (χ2v) is 6.86. The van der Waals surface area contributed by atoms with Crippen molar-refractivity contribution in [2.75, 3.05) is 19.3 Å². The summed E-state index contributed by atoms with van der Waals surface area (Å²) in [6, 6.07) is 0. The molecule has 7 heteroatoms. The van der Waals surface area contributed by atoms with Crippen molar-refractivity contribution in [3.63, 3.8) is 0 Å². The maximum atomic E-state index is 11.7. The van der Waals surface area contributed by atoms with E-state index in [-0.39, 0.29) is 41.2 Å². The van der Waals surface area contributed by atoms with Gasteiger partial charge in [-0.05, 0) is 31.8 Å². The van der Waals surface area contributed by atoms with Gasteiger partial charge in [0, 0.05) is 19.3 Å². The number of hydrogen-bond acceptors (Lipinski definition) is 4. The quantitative estimate of drug-likeness (QED) is 0.211. The van der Waals surface area contributed by atoms with Crippen molar-refractivity contribution in [3.05, 3.63) is 12.2 Å². The van der Waals surface area contributed by atoms with Crippen LogP contribution in [0.4, 0.5) is 0 Å². The van der Waals surface area contributed by atoms with E-state index in [2.05, 4.69) is 6.92 Å². The van der Waals surface area contributed by atoms with Gasteiger partial charge in [-0.25, -0.2) is 8.42 Å². The average Bonchev–Trinajstić information content (AvgIpc) is 2.41. The van der Waals surface area contributed by atoms with Gasteiger partial charge in [0.1, 0.15) is 0 Å². The van der Waals surface area contributed by atoms with Crippen molar-refractivity contribution in [1.29, 1.82) is 0 Å². The SMILES string of the molecule is CCCCCCC/C=C/C(=O)N(C)CCCCS(=O)(=O)[O-].[Na+]. The van der Waals surface area contributed by atoms with Crippen LogP contribution in [0.3, 0.4) is 0 Å². The summed E-state index contributed by atoms with van der Waals surface area (Å²) in [6.45, 7) is 2.65. The molecule has 1 amide bonds. The van der Waals surface area contributed by atoms with Gasteiger partial charge in [0.15, 0.2) is 0 Å². The topological polar surface area (TPSA) is 77.5 Å². The summed E-state index contributed by atoms with van der Waals surface area (Å²) in [5, 5.41) is 0. The molecule has 0 aromatic rings. The number of hydrogen-bond donors (Lipinski definition) is 0. The molecule has 0 aliphatic heterocycles. The first-order valence-electron chi connectivity index (χ1n) is 7.72. The van der Waals surface area contributed by atoms with E-state index in [9.17, 15) is 17.8 Å². The summed E-state index contributed by atoms with van der Waals surface area (Å²) < 4.78 is 31.3. The molecule has 0 heterocycles. The number of carbonyl (C=O) groups excluding carboxylic acids is 1. The zero-order chi connectivity index (χ0) is 16.1. The molecule has 0 saturated carbocycles. The fourth-order valence-electron chi connectivity index (χ4n) is 1.92. The monoisotopic (exact) mass is 341 g/mol. The third-order valence-electron chi connectivity index (χ3n) is 3.25. The summed E-state index contributed by atoms with van der Waals surface area (Å²) in [4.78, 5) is 13.3. The van der Waals surface area contributed by atoms with E-state index in [0.717, 1.165) is 12.8 Å². The Morgan fingerprint density at radius 1 is 1.09 bits per heavy atom. The Morgan fingerprint density at radius 3 is 2.32 bits per heavy atom. The van der Waals surface area contributed by atoms with Crippen molar-refractivity contribution in [3.8, 4) is 0 Å². The molecular weight excluding hydrogens is 313 g/mol. The molecule has 0 atom stereocenters. The molecule has 0 saturated heterocycles. The Labute approximate surface area is 157 Å². The third kappa shape index (κ3) is 16.5. The first-order valence-corrected chi connectivity index (χ1v) is 9.29. The molecule has 124 valence electrons. The number of rotatable bonds is 12. The van der Waals surface area contributed by atoms with Crippen LogP contribution in [0.15, 0.2) is 12.2 Å². The van der Waals surface area contributed by atoms with Crippen LogP contribution in [0.5, 0.6) is 0 Å². The molecule has 0 aromatic heterocycles. The number of allylic oxidation sites excluding steroid dienone is 1. The van der Waals surface area contributed by atoms with E-state index in [1.807, 2.05) is 6.08 Å². The smallest absolute Gasteiger partial charge is 0.748 e. The largest absolute Gasteiger partial charge is 1.00 e. The maximum Gasteiger partial charge on any atom is 1.00 e. The van der Waals surface area contributed by atoms with E-state index in [1.165, 1.54) is 25.7 Å². The van der Waals surface area contributed by atoms with Crippen LogP contribution in [0.2, 0.25) is 0 Å². The van der Waals surface area contributed by atoms with Crippen LogP contribution in [0, 0.1) is 0 Å². The van der Waals surface area contributed by atoms with Crippen LogP contribution in [-0.4, -0.2) is 43.1 Å². The first-order chi connectivity index (χ1) is 9.87. The normalized spacial score (nSPS) is 11.4. The summed E-state index contributed by atoms with van der Waals surface area (Å²) in [6.07, 6.45) is 11.3. The molecule has 5 nitrogen and oxygen atoms in total. The van der Waals surface area contributed by atoms with E-state index >= 15 is 0 Å². The minimum atomic E-state index is -4.14. The van der Waals surface area contributed by atoms with Crippen LogP contribution in [0.25, 0.3) is 0 Å². The van der Waals surface area contributed by atoms with E-state index in [0.29, 0.717) is 19.4 Å². The molecule has 0 aliphatic carbocycles. The van der Waals surface area contributed by atoms with Gasteiger partial charge in [-0.1, -0.05) is 38.7 Å². The van der Waals surface area contributed by atoms with Gasteiger partial charge in [0.05, 0.1) is 10.1 Å². The summed E-state index contributed by atoms with van der Waals surface area (Å²) in [7, 11) is -2.46. The number of unbranched alkanes of at least 4 members (excludes halogenated alkanes) is 6. The third-order valence-corrected chi connectivity index (χ3v) is 4.04. The fourth-order valence-corrected chi connectivity index (χ4v) is 2.47. The summed E-state index contributed by atoms with van der Waals surface area (Å²) >= 11 is 0. The average molecular weight is 341 g/mol. The molecule has 0 aromatic carbocycles. The molecule has 0 N–H and O–H groups in total. The second-order valence-electron chi connectivity index (χ2n) is 5.33. The molecular formula is C15H28NNaO4S. The zero-order valence-electron chi connectivity index (χ0n) is 14.2. The van der Waals surface area contributed by atoms with Gasteiger partial charge in [-0.2, -0.15) is 0 Å². The summed E-state index contributed by atoms with van der Waals surface area (Å²) in [5.41, 5.74) is 0. The van der Waals surface area contributed by atoms with Gasteiger partial charge in [-0.3, -0.25) is 4.79 Å². The molecule has 0 bridgehead atoms. The van der Waals surface area contributed by atoms with E-state index < -0.39 is 10.1 Å². The van der Waals surface area contributed by atoms with Crippen LogP contribution < -0.4 is 29.6 Å². The molecule has 0 rings (SSSR count). The van der Waals surface area contributed by atoms with E-state index in [4.69, 9.17) is 0 Å². The standard InChI is InChI=1S/C15H29NO4S.Na/c1-3-4-5-6-7-8-9-12-15(17)16(2)13-10-11-14-21(18,19)20;/h9,12H,3-8,10-11,13-14H2,1-2H3,(H,18,19,20);/q;+1/p-1/b12-9+;. The van der Waals surface area contributed by atoms with Crippen molar-refractivity contribution < 1.29 is 47.3 Å². The first kappa shape index (κ1) is 24.4. The minimum absolute atomic E-state index is 0. The van der Waals surface area contributed by atoms with Gasteiger partial charge >= 0.3 is 29.6 Å². The van der Waals surface area contributed by atoms with Gasteiger partial charge in [0.25, 0.3) is 0 Å². The van der Waals surface area contributed by atoms with Crippen LogP contribution >= 0.6 is 0 Å². The molecule has 22 heavy (non-hydrogen) atoms. The number of carbonyl (C=O) groups is 1. The Kier molecular flexibility index (Phi) is 16.3. The van der Waals surface area contributed by atoms with Crippen LogP contribution in [-0.2, 0) is 14.9 Å². The van der Waals surface area contributed by atoms with Crippen molar-refractivity contribution in [2.45, 2.75) is 58.3 Å². The van der Waals surface area contributed by atoms with Crippen LogP contribution in [0.1, 0.15) is 58.3 Å². The summed E-state index contributed by atoms with van der Waals surface area (Å²) in [5.74, 6) is -0.434. The molecule has 0 unspecified atom stereocenters. The predicted molar refractivity (Wildman–Crippen MR) is 84.0 cm³/mol. The van der Waals surface area contributed by atoms with Gasteiger partial charge in [0.2, 0.25) is 5.91 Å². The molecule has 0 fully saturated rings. The Bertz CT molecular complexity index is 410. The maximum absolute atomic E-state index is 11.7. The molecule has 0 radical (unpaired) electrons. The van der Waals surface area contributed by atoms with Crippen molar-refractivity contribution in [1.82, 2.24) is 4.90 Å². The number of amides is 1.